The molecule has 0 bridgehead atoms. The van der Waals surface area contributed by atoms with Crippen LogP contribution in [0.15, 0.2) is 36.5 Å². The summed E-state index contributed by atoms with van der Waals surface area (Å²) in [4.78, 5) is 25.4. The molecule has 2 unspecified atom stereocenters. The molecule has 8 heteroatoms. The molecule has 164 valence electrons. The molecule has 2 aliphatic heterocycles. The standard InChI is InChI=1S/C23H27N3O5/c27-22(28)21-4-7-26(24-21)23(29)25-13-17-11-20(12-18(17)14-25)31-19-3-1-2-16(10-19)15-5-8-30-9-6-15/h1-4,7,10,15,17-18,20H,5-6,8-9,11-14H2,(H,27,28). The molecule has 3 heterocycles. The van der Waals surface area contributed by atoms with Crippen LogP contribution in [0.3, 0.4) is 0 Å². The molecule has 1 saturated carbocycles. The molecular formula is C23H27N3O5. The van der Waals surface area contributed by atoms with Crippen molar-refractivity contribution in [3.05, 3.63) is 47.8 Å². The minimum atomic E-state index is -1.13. The van der Waals surface area contributed by atoms with Crippen LogP contribution in [0, 0.1) is 11.8 Å². The van der Waals surface area contributed by atoms with Gasteiger partial charge in [0.1, 0.15) is 5.75 Å². The van der Waals surface area contributed by atoms with Gasteiger partial charge in [-0.2, -0.15) is 9.78 Å². The van der Waals surface area contributed by atoms with Crippen molar-refractivity contribution in [2.24, 2.45) is 11.8 Å². The fourth-order valence-corrected chi connectivity index (χ4v) is 5.25. The summed E-state index contributed by atoms with van der Waals surface area (Å²) in [5.41, 5.74) is 1.21. The van der Waals surface area contributed by atoms with E-state index in [-0.39, 0.29) is 17.8 Å². The number of carboxylic acids is 1. The second kappa shape index (κ2) is 8.34. The predicted octanol–water partition coefficient (Wildman–Crippen LogP) is 3.23. The van der Waals surface area contributed by atoms with Crippen LogP contribution in [-0.2, 0) is 4.74 Å². The normalized spacial score (nSPS) is 26.1. The SMILES string of the molecule is O=C(O)c1ccn(C(=O)N2CC3CC(Oc4cccc(C5CCOCC5)c4)CC3C2)n1. The zero-order chi connectivity index (χ0) is 21.4. The molecule has 3 aliphatic rings. The number of aromatic carboxylic acids is 1. The van der Waals surface area contributed by atoms with Crippen molar-refractivity contribution in [3.8, 4) is 5.75 Å². The van der Waals surface area contributed by atoms with Gasteiger partial charge >= 0.3 is 12.0 Å². The molecule has 0 spiro atoms. The number of amides is 1. The number of hydrogen-bond acceptors (Lipinski definition) is 5. The van der Waals surface area contributed by atoms with E-state index in [1.807, 2.05) is 6.07 Å². The lowest BCUT2D eigenvalue weighted by atomic mass is 9.92. The zero-order valence-electron chi connectivity index (χ0n) is 17.4. The van der Waals surface area contributed by atoms with Crippen molar-refractivity contribution in [3.63, 3.8) is 0 Å². The van der Waals surface area contributed by atoms with Crippen LogP contribution in [0.25, 0.3) is 0 Å². The molecule has 5 rings (SSSR count). The van der Waals surface area contributed by atoms with E-state index >= 15 is 0 Å². The van der Waals surface area contributed by atoms with Gasteiger partial charge < -0.3 is 19.5 Å². The third kappa shape index (κ3) is 4.17. The van der Waals surface area contributed by atoms with E-state index in [2.05, 4.69) is 23.3 Å². The molecule has 1 aliphatic carbocycles. The van der Waals surface area contributed by atoms with Gasteiger partial charge in [-0.25, -0.2) is 9.59 Å². The van der Waals surface area contributed by atoms with E-state index in [0.29, 0.717) is 30.8 Å². The lowest BCUT2D eigenvalue weighted by Gasteiger charge is -2.23. The van der Waals surface area contributed by atoms with Crippen molar-refractivity contribution >= 4 is 12.0 Å². The van der Waals surface area contributed by atoms with E-state index in [9.17, 15) is 9.59 Å². The second-order valence-electron chi connectivity index (χ2n) is 8.83. The van der Waals surface area contributed by atoms with Gasteiger partial charge in [0.2, 0.25) is 0 Å². The number of nitrogens with zero attached hydrogens (tertiary/aromatic N) is 3. The van der Waals surface area contributed by atoms with E-state index in [0.717, 1.165) is 49.3 Å². The smallest absolute Gasteiger partial charge is 0.356 e. The summed E-state index contributed by atoms with van der Waals surface area (Å²) in [6, 6.07) is 9.55. The van der Waals surface area contributed by atoms with E-state index in [1.54, 1.807) is 4.90 Å². The summed E-state index contributed by atoms with van der Waals surface area (Å²) in [7, 11) is 0. The Hall–Kier alpha value is -2.87. The van der Waals surface area contributed by atoms with E-state index < -0.39 is 5.97 Å². The summed E-state index contributed by atoms with van der Waals surface area (Å²) in [5, 5.41) is 12.9. The second-order valence-corrected chi connectivity index (χ2v) is 8.83. The third-order valence-electron chi connectivity index (χ3n) is 6.84. The minimum absolute atomic E-state index is 0.121. The van der Waals surface area contributed by atoms with Crippen molar-refractivity contribution in [1.82, 2.24) is 14.7 Å². The van der Waals surface area contributed by atoms with Gasteiger partial charge in [0.15, 0.2) is 5.69 Å². The first-order chi connectivity index (χ1) is 15.1. The van der Waals surface area contributed by atoms with Crippen molar-refractivity contribution in [1.29, 1.82) is 0 Å². The highest BCUT2D eigenvalue weighted by molar-refractivity contribution is 5.86. The molecule has 8 nitrogen and oxygen atoms in total. The Morgan fingerprint density at radius 3 is 2.52 bits per heavy atom. The lowest BCUT2D eigenvalue weighted by Crippen LogP contribution is -2.34. The molecule has 1 amide bonds. The van der Waals surface area contributed by atoms with Gasteiger partial charge in [-0.05, 0) is 67.2 Å². The monoisotopic (exact) mass is 425 g/mol. The number of fused-ring (bicyclic) bond motifs is 1. The first kappa shape index (κ1) is 20.1. The predicted molar refractivity (Wildman–Crippen MR) is 111 cm³/mol. The summed E-state index contributed by atoms with van der Waals surface area (Å²) in [5.74, 6) is 1.15. The van der Waals surface area contributed by atoms with Gasteiger partial charge in [-0.15, -0.1) is 0 Å². The molecule has 31 heavy (non-hydrogen) atoms. The van der Waals surface area contributed by atoms with Crippen LogP contribution >= 0.6 is 0 Å². The number of aromatic nitrogens is 2. The number of carboxylic acid groups (broad SMARTS) is 1. The highest BCUT2D eigenvalue weighted by atomic mass is 16.5. The zero-order valence-corrected chi connectivity index (χ0v) is 17.4. The van der Waals surface area contributed by atoms with Gasteiger partial charge in [0, 0.05) is 32.5 Å². The highest BCUT2D eigenvalue weighted by Gasteiger charge is 2.43. The number of carbonyl (C=O) groups excluding carboxylic acids is 1. The Morgan fingerprint density at radius 1 is 1.10 bits per heavy atom. The lowest BCUT2D eigenvalue weighted by molar-refractivity contribution is 0.0690. The van der Waals surface area contributed by atoms with E-state index in [1.165, 1.54) is 17.8 Å². The molecule has 1 aromatic carbocycles. The number of carbonyl (C=O) groups is 2. The average Bonchev–Trinajstić information content (AvgIpc) is 3.49. The molecule has 1 N–H and O–H groups in total. The number of rotatable bonds is 4. The van der Waals surface area contributed by atoms with Crippen LogP contribution in [0.5, 0.6) is 5.75 Å². The molecule has 1 aromatic heterocycles. The van der Waals surface area contributed by atoms with Crippen molar-refractivity contribution in [2.75, 3.05) is 26.3 Å². The van der Waals surface area contributed by atoms with Crippen LogP contribution in [0.2, 0.25) is 0 Å². The Bertz CT molecular complexity index is 954. The fourth-order valence-electron chi connectivity index (χ4n) is 5.25. The van der Waals surface area contributed by atoms with Crippen molar-refractivity contribution in [2.45, 2.75) is 37.7 Å². The topological polar surface area (TPSA) is 93.9 Å². The summed E-state index contributed by atoms with van der Waals surface area (Å²) >= 11 is 0. The molecular weight excluding hydrogens is 398 g/mol. The Kier molecular flexibility index (Phi) is 5.40. The number of benzene rings is 1. The number of hydrogen-bond donors (Lipinski definition) is 1. The van der Waals surface area contributed by atoms with Crippen LogP contribution in [-0.4, -0.2) is 64.2 Å². The number of ether oxygens (including phenoxy) is 2. The van der Waals surface area contributed by atoms with Gasteiger partial charge in [-0.3, -0.25) is 0 Å². The summed E-state index contributed by atoms with van der Waals surface area (Å²) in [6.07, 6.45) is 5.55. The van der Waals surface area contributed by atoms with Crippen LogP contribution < -0.4 is 4.74 Å². The molecule has 2 aromatic rings. The molecule has 2 atom stereocenters. The highest BCUT2D eigenvalue weighted by Crippen LogP contribution is 2.40. The van der Waals surface area contributed by atoms with Gasteiger partial charge in [0.25, 0.3) is 0 Å². The quantitative estimate of drug-likeness (QED) is 0.808. The Balaban J connectivity index is 1.17. The van der Waals surface area contributed by atoms with Crippen LogP contribution in [0.1, 0.15) is 47.7 Å². The molecule has 0 radical (unpaired) electrons. The average molecular weight is 425 g/mol. The first-order valence-corrected chi connectivity index (χ1v) is 11.0. The van der Waals surface area contributed by atoms with Gasteiger partial charge in [-0.1, -0.05) is 12.1 Å². The number of likely N-dealkylation sites (tertiary alicyclic amines) is 1. The Labute approximate surface area is 180 Å². The third-order valence-corrected chi connectivity index (χ3v) is 6.84. The molecule has 3 fully saturated rings. The van der Waals surface area contributed by atoms with E-state index in [4.69, 9.17) is 14.6 Å². The largest absolute Gasteiger partial charge is 0.490 e. The first-order valence-electron chi connectivity index (χ1n) is 11.0. The fraction of sp³-hybridized carbons (Fsp3) is 0.522. The Morgan fingerprint density at radius 2 is 1.84 bits per heavy atom. The van der Waals surface area contributed by atoms with Gasteiger partial charge in [0.05, 0.1) is 6.10 Å². The summed E-state index contributed by atoms with van der Waals surface area (Å²) in [6.45, 7) is 2.97. The summed E-state index contributed by atoms with van der Waals surface area (Å²) < 4.78 is 12.9. The maximum Gasteiger partial charge on any atom is 0.356 e. The maximum absolute atomic E-state index is 12.7. The minimum Gasteiger partial charge on any atom is -0.490 e. The molecule has 2 saturated heterocycles. The van der Waals surface area contributed by atoms with Crippen molar-refractivity contribution < 1.29 is 24.2 Å². The van der Waals surface area contributed by atoms with Crippen LogP contribution in [0.4, 0.5) is 4.79 Å². The maximum atomic E-state index is 12.7.